The van der Waals surface area contributed by atoms with Gasteiger partial charge in [0.05, 0.1) is 13.2 Å². The molecule has 0 aliphatic rings. The minimum Gasteiger partial charge on any atom is -0.459 e. The molecule has 2 N–H and O–H groups in total. The van der Waals surface area contributed by atoms with Gasteiger partial charge in [0.25, 0.3) is 0 Å². The van der Waals surface area contributed by atoms with Crippen molar-refractivity contribution in [2.75, 3.05) is 20.3 Å². The van der Waals surface area contributed by atoms with Crippen LogP contribution in [-0.2, 0) is 14.3 Å². The number of esters is 1. The molecule has 0 amide bonds. The average Bonchev–Trinajstić information content (AvgIpc) is 1.88. The van der Waals surface area contributed by atoms with Gasteiger partial charge in [0.2, 0.25) is 0 Å². The van der Waals surface area contributed by atoms with Crippen molar-refractivity contribution in [1.82, 2.24) is 0 Å². The highest BCUT2D eigenvalue weighted by Crippen LogP contribution is 1.90. The first kappa shape index (κ1) is 9.39. The molecule has 0 saturated carbocycles. The summed E-state index contributed by atoms with van der Waals surface area (Å²) in [7, 11) is 1.55. The third-order valence-electron chi connectivity index (χ3n) is 0.901. The van der Waals surface area contributed by atoms with E-state index in [0.29, 0.717) is 6.61 Å². The molecule has 60 valence electrons. The summed E-state index contributed by atoms with van der Waals surface area (Å²) in [6, 6.07) is 0. The Labute approximate surface area is 60.3 Å². The summed E-state index contributed by atoms with van der Waals surface area (Å²) in [6.45, 7) is 2.08. The van der Waals surface area contributed by atoms with Crippen molar-refractivity contribution in [3.05, 3.63) is 0 Å². The zero-order valence-corrected chi connectivity index (χ0v) is 6.29. The lowest BCUT2D eigenvalue weighted by molar-refractivity contribution is -0.148. The molecule has 4 nitrogen and oxygen atoms in total. The molecule has 0 aliphatic carbocycles. The number of rotatable bonds is 4. The van der Waals surface area contributed by atoms with Crippen molar-refractivity contribution >= 4 is 5.97 Å². The van der Waals surface area contributed by atoms with Crippen LogP contribution in [0.15, 0.2) is 0 Å². The summed E-state index contributed by atoms with van der Waals surface area (Å²) in [6.07, 6.45) is -0.207. The number of nitrogens with two attached hydrogens (primary N) is 1. The molecule has 0 rings (SSSR count). The van der Waals surface area contributed by atoms with Crippen LogP contribution in [0, 0.1) is 0 Å². The maximum atomic E-state index is 10.5. The zero-order valence-electron chi connectivity index (χ0n) is 6.29. The highest BCUT2D eigenvalue weighted by molar-refractivity contribution is 5.71. The molecule has 0 saturated heterocycles. The first-order chi connectivity index (χ1) is 4.70. The second-order valence-corrected chi connectivity index (χ2v) is 1.96. The Bertz CT molecular complexity index is 105. The van der Waals surface area contributed by atoms with Gasteiger partial charge in [-0.2, -0.15) is 0 Å². The molecule has 1 unspecified atom stereocenters. The van der Waals surface area contributed by atoms with Crippen LogP contribution in [0.25, 0.3) is 0 Å². The lowest BCUT2D eigenvalue weighted by Gasteiger charge is -2.10. The van der Waals surface area contributed by atoms with Crippen molar-refractivity contribution < 1.29 is 14.3 Å². The fraction of sp³-hybridized carbons (Fsp3) is 0.833. The van der Waals surface area contributed by atoms with Gasteiger partial charge in [0.1, 0.15) is 6.10 Å². The van der Waals surface area contributed by atoms with Crippen LogP contribution < -0.4 is 5.73 Å². The maximum absolute atomic E-state index is 10.5. The van der Waals surface area contributed by atoms with Crippen LogP contribution in [0.1, 0.15) is 6.92 Å². The van der Waals surface area contributed by atoms with Gasteiger partial charge in [0, 0.05) is 7.11 Å². The van der Waals surface area contributed by atoms with Crippen LogP contribution in [0.5, 0.6) is 0 Å². The van der Waals surface area contributed by atoms with E-state index in [2.05, 4.69) is 0 Å². The first-order valence-corrected chi connectivity index (χ1v) is 3.09. The van der Waals surface area contributed by atoms with E-state index in [9.17, 15) is 4.79 Å². The lowest BCUT2D eigenvalue weighted by atomic mass is 10.4. The van der Waals surface area contributed by atoms with Gasteiger partial charge < -0.3 is 15.2 Å². The molecule has 0 spiro atoms. The van der Waals surface area contributed by atoms with Crippen molar-refractivity contribution in [1.29, 1.82) is 0 Å². The van der Waals surface area contributed by atoms with E-state index < -0.39 is 5.97 Å². The van der Waals surface area contributed by atoms with Gasteiger partial charge in [-0.25, -0.2) is 0 Å². The predicted molar refractivity (Wildman–Crippen MR) is 36.5 cm³/mol. The second kappa shape index (κ2) is 5.20. The van der Waals surface area contributed by atoms with E-state index in [0.717, 1.165) is 0 Å². The Balaban J connectivity index is 3.37. The minimum absolute atomic E-state index is 0.0753. The first-order valence-electron chi connectivity index (χ1n) is 3.09. The van der Waals surface area contributed by atoms with Crippen LogP contribution in [0.4, 0.5) is 0 Å². The van der Waals surface area contributed by atoms with Crippen LogP contribution in [-0.4, -0.2) is 32.3 Å². The number of methoxy groups -OCH3 is 1. The normalized spacial score (nSPS) is 12.7. The Morgan fingerprint density at radius 3 is 2.70 bits per heavy atom. The van der Waals surface area contributed by atoms with E-state index in [1.54, 1.807) is 14.0 Å². The topological polar surface area (TPSA) is 61.5 Å². The fourth-order valence-electron chi connectivity index (χ4n) is 0.541. The van der Waals surface area contributed by atoms with Gasteiger partial charge >= 0.3 is 5.97 Å². The number of carbonyl (C=O) groups is 1. The lowest BCUT2D eigenvalue weighted by Crippen LogP contribution is -2.24. The molecular formula is C6H13NO3. The third kappa shape index (κ3) is 4.29. The SMILES string of the molecule is COCC(C)OC(=O)CN. The van der Waals surface area contributed by atoms with Crippen LogP contribution in [0.3, 0.4) is 0 Å². The number of hydrogen-bond donors (Lipinski definition) is 1. The van der Waals surface area contributed by atoms with E-state index in [1.807, 2.05) is 0 Å². The molecule has 10 heavy (non-hydrogen) atoms. The summed E-state index contributed by atoms with van der Waals surface area (Å²) in [5, 5.41) is 0. The van der Waals surface area contributed by atoms with E-state index in [-0.39, 0.29) is 12.6 Å². The van der Waals surface area contributed by atoms with Crippen molar-refractivity contribution in [2.45, 2.75) is 13.0 Å². The standard InChI is InChI=1S/C6H13NO3/c1-5(4-9-2)10-6(8)3-7/h5H,3-4,7H2,1-2H3. The van der Waals surface area contributed by atoms with Gasteiger partial charge in [-0.05, 0) is 6.92 Å². The molecule has 0 aromatic rings. The fourth-order valence-corrected chi connectivity index (χ4v) is 0.541. The molecule has 0 aromatic carbocycles. The third-order valence-corrected chi connectivity index (χ3v) is 0.901. The Morgan fingerprint density at radius 2 is 2.30 bits per heavy atom. The molecule has 0 fully saturated rings. The summed E-state index contributed by atoms with van der Waals surface area (Å²) in [4.78, 5) is 10.5. The van der Waals surface area contributed by atoms with Crippen molar-refractivity contribution in [3.63, 3.8) is 0 Å². The molecule has 1 atom stereocenters. The second-order valence-electron chi connectivity index (χ2n) is 1.96. The highest BCUT2D eigenvalue weighted by atomic mass is 16.6. The van der Waals surface area contributed by atoms with E-state index in [4.69, 9.17) is 15.2 Å². The van der Waals surface area contributed by atoms with E-state index in [1.165, 1.54) is 0 Å². The highest BCUT2D eigenvalue weighted by Gasteiger charge is 2.05. The molecule has 0 aliphatic heterocycles. The molecule has 4 heteroatoms. The molecule has 0 aromatic heterocycles. The van der Waals surface area contributed by atoms with Crippen LogP contribution in [0.2, 0.25) is 0 Å². The van der Waals surface area contributed by atoms with E-state index >= 15 is 0 Å². The Hall–Kier alpha value is -0.610. The maximum Gasteiger partial charge on any atom is 0.320 e. The largest absolute Gasteiger partial charge is 0.459 e. The molecule has 0 radical (unpaired) electrons. The predicted octanol–water partition coefficient (Wildman–Crippen LogP) is -0.477. The molecular weight excluding hydrogens is 134 g/mol. The van der Waals surface area contributed by atoms with Crippen molar-refractivity contribution in [2.24, 2.45) is 5.73 Å². The zero-order chi connectivity index (χ0) is 7.98. The number of hydrogen-bond acceptors (Lipinski definition) is 4. The number of carbonyl (C=O) groups excluding carboxylic acids is 1. The Morgan fingerprint density at radius 1 is 1.70 bits per heavy atom. The smallest absolute Gasteiger partial charge is 0.320 e. The molecule has 0 heterocycles. The minimum atomic E-state index is -0.399. The molecule has 0 bridgehead atoms. The summed E-state index contributed by atoms with van der Waals surface area (Å²) < 4.78 is 9.48. The Kier molecular flexibility index (Phi) is 4.88. The van der Waals surface area contributed by atoms with Gasteiger partial charge in [-0.15, -0.1) is 0 Å². The van der Waals surface area contributed by atoms with Gasteiger partial charge in [-0.1, -0.05) is 0 Å². The van der Waals surface area contributed by atoms with Crippen molar-refractivity contribution in [3.8, 4) is 0 Å². The summed E-state index contributed by atoms with van der Waals surface area (Å²) >= 11 is 0. The summed E-state index contributed by atoms with van der Waals surface area (Å²) in [5.74, 6) is -0.399. The van der Waals surface area contributed by atoms with Crippen LogP contribution >= 0.6 is 0 Å². The number of ether oxygens (including phenoxy) is 2. The quantitative estimate of drug-likeness (QED) is 0.546. The summed E-state index contributed by atoms with van der Waals surface area (Å²) in [5.41, 5.74) is 5.00. The average molecular weight is 147 g/mol. The monoisotopic (exact) mass is 147 g/mol. The van der Waals surface area contributed by atoms with Gasteiger partial charge in [0.15, 0.2) is 0 Å². The van der Waals surface area contributed by atoms with Gasteiger partial charge in [-0.3, -0.25) is 4.79 Å².